The molecular weight excluding hydrogens is 256 g/mol. The van der Waals surface area contributed by atoms with Gasteiger partial charge in [0.1, 0.15) is 10.7 Å². The number of benzene rings is 1. The third-order valence-electron chi connectivity index (χ3n) is 2.28. The Balaban J connectivity index is 2.19. The highest BCUT2D eigenvalue weighted by atomic mass is 35.5. The van der Waals surface area contributed by atoms with Gasteiger partial charge in [0, 0.05) is 16.3 Å². The Hall–Kier alpha value is -1.52. The fraction of sp³-hybridized carbons (Fsp3) is 0.0833. The van der Waals surface area contributed by atoms with Crippen LogP contribution >= 0.6 is 23.8 Å². The van der Waals surface area contributed by atoms with Crippen LogP contribution in [-0.2, 0) is 6.54 Å². The molecule has 1 heterocycles. The number of hydrogen-bond acceptors (Lipinski definition) is 3. The molecular formula is C12H11ClN2OS. The van der Waals surface area contributed by atoms with Gasteiger partial charge in [0.25, 0.3) is 0 Å². The van der Waals surface area contributed by atoms with E-state index in [0.29, 0.717) is 16.6 Å². The average Bonchev–Trinajstić information content (AvgIpc) is 2.78. The Morgan fingerprint density at radius 2 is 2.24 bits per heavy atom. The fourth-order valence-electron chi connectivity index (χ4n) is 1.47. The lowest BCUT2D eigenvalue weighted by atomic mass is 10.1. The third-order valence-corrected chi connectivity index (χ3v) is 2.74. The monoisotopic (exact) mass is 266 g/mol. The molecule has 1 aromatic heterocycles. The molecule has 0 unspecified atom stereocenters. The number of hydrogen-bond donors (Lipinski definition) is 2. The molecule has 0 aliphatic carbocycles. The van der Waals surface area contributed by atoms with Gasteiger partial charge in [-0.3, -0.25) is 0 Å². The molecule has 0 saturated heterocycles. The van der Waals surface area contributed by atoms with E-state index in [1.54, 1.807) is 24.5 Å². The summed E-state index contributed by atoms with van der Waals surface area (Å²) in [6.45, 7) is 0.558. The van der Waals surface area contributed by atoms with Crippen LogP contribution in [0.2, 0.25) is 5.02 Å². The summed E-state index contributed by atoms with van der Waals surface area (Å²) >= 11 is 10.9. The molecule has 0 amide bonds. The lowest BCUT2D eigenvalue weighted by Gasteiger charge is -2.10. The molecule has 2 rings (SSSR count). The first-order valence-corrected chi connectivity index (χ1v) is 5.81. The van der Waals surface area contributed by atoms with Gasteiger partial charge in [0.05, 0.1) is 12.8 Å². The largest absolute Gasteiger partial charge is 0.467 e. The summed E-state index contributed by atoms with van der Waals surface area (Å²) in [6, 6.07) is 9.07. The molecule has 88 valence electrons. The van der Waals surface area contributed by atoms with Crippen molar-refractivity contribution in [1.82, 2.24) is 0 Å². The van der Waals surface area contributed by atoms with Gasteiger partial charge in [-0.05, 0) is 30.3 Å². The van der Waals surface area contributed by atoms with Gasteiger partial charge in [-0.1, -0.05) is 23.8 Å². The van der Waals surface area contributed by atoms with E-state index in [0.717, 1.165) is 17.0 Å². The Bertz CT molecular complexity index is 525. The van der Waals surface area contributed by atoms with E-state index in [-0.39, 0.29) is 0 Å². The van der Waals surface area contributed by atoms with Crippen LogP contribution in [0.1, 0.15) is 11.3 Å². The number of thiocarbonyl (C=S) groups is 1. The summed E-state index contributed by atoms with van der Waals surface area (Å²) < 4.78 is 5.23. The number of halogens is 1. The number of furan rings is 1. The zero-order valence-electron chi connectivity index (χ0n) is 8.94. The maximum atomic E-state index is 5.93. The summed E-state index contributed by atoms with van der Waals surface area (Å²) in [5, 5.41) is 3.82. The van der Waals surface area contributed by atoms with E-state index in [1.165, 1.54) is 0 Å². The lowest BCUT2D eigenvalue weighted by molar-refractivity contribution is 0.518. The maximum absolute atomic E-state index is 5.93. The molecule has 0 aliphatic rings. The molecule has 3 nitrogen and oxygen atoms in total. The summed E-state index contributed by atoms with van der Waals surface area (Å²) in [5.41, 5.74) is 7.22. The van der Waals surface area contributed by atoms with E-state index in [4.69, 9.17) is 34.0 Å². The molecule has 0 aliphatic heterocycles. The lowest BCUT2D eigenvalue weighted by Crippen LogP contribution is -2.13. The molecule has 1 aromatic carbocycles. The van der Waals surface area contributed by atoms with Gasteiger partial charge >= 0.3 is 0 Å². The molecule has 0 spiro atoms. The summed E-state index contributed by atoms with van der Waals surface area (Å²) in [5.74, 6) is 0.832. The van der Waals surface area contributed by atoms with Crippen LogP contribution in [0.25, 0.3) is 0 Å². The highest BCUT2D eigenvalue weighted by Crippen LogP contribution is 2.21. The molecule has 0 bridgehead atoms. The molecule has 3 N–H and O–H groups in total. The first-order chi connectivity index (χ1) is 8.16. The van der Waals surface area contributed by atoms with Crippen molar-refractivity contribution in [2.24, 2.45) is 5.73 Å². The third kappa shape index (κ3) is 2.99. The van der Waals surface area contributed by atoms with Crippen molar-refractivity contribution in [2.45, 2.75) is 6.54 Å². The van der Waals surface area contributed by atoms with Crippen LogP contribution in [0.4, 0.5) is 5.69 Å². The van der Waals surface area contributed by atoms with Crippen molar-refractivity contribution < 1.29 is 4.42 Å². The van der Waals surface area contributed by atoms with Gasteiger partial charge in [-0.25, -0.2) is 0 Å². The normalized spacial score (nSPS) is 10.2. The highest BCUT2D eigenvalue weighted by molar-refractivity contribution is 7.80. The Labute approximate surface area is 110 Å². The Kier molecular flexibility index (Phi) is 3.66. The van der Waals surface area contributed by atoms with Gasteiger partial charge in [0.2, 0.25) is 0 Å². The van der Waals surface area contributed by atoms with Crippen LogP contribution in [0, 0.1) is 0 Å². The van der Waals surface area contributed by atoms with Crippen LogP contribution < -0.4 is 11.1 Å². The zero-order chi connectivity index (χ0) is 12.3. The van der Waals surface area contributed by atoms with Crippen molar-refractivity contribution in [3.8, 4) is 0 Å². The van der Waals surface area contributed by atoms with Gasteiger partial charge in [0.15, 0.2) is 0 Å². The van der Waals surface area contributed by atoms with Crippen LogP contribution in [0.5, 0.6) is 0 Å². The van der Waals surface area contributed by atoms with Crippen LogP contribution in [0.15, 0.2) is 41.0 Å². The molecule has 0 saturated carbocycles. The quantitative estimate of drug-likeness (QED) is 0.835. The highest BCUT2D eigenvalue weighted by Gasteiger charge is 2.06. The minimum Gasteiger partial charge on any atom is -0.467 e. The summed E-state index contributed by atoms with van der Waals surface area (Å²) in [6.07, 6.45) is 1.63. The van der Waals surface area contributed by atoms with Gasteiger partial charge in [-0.15, -0.1) is 0 Å². The van der Waals surface area contributed by atoms with E-state index in [9.17, 15) is 0 Å². The minimum atomic E-state index is 0.337. The Morgan fingerprint density at radius 1 is 1.41 bits per heavy atom. The van der Waals surface area contributed by atoms with E-state index >= 15 is 0 Å². The Morgan fingerprint density at radius 3 is 2.88 bits per heavy atom. The first-order valence-electron chi connectivity index (χ1n) is 5.02. The first kappa shape index (κ1) is 12.0. The van der Waals surface area contributed by atoms with Crippen molar-refractivity contribution in [3.63, 3.8) is 0 Å². The summed E-state index contributed by atoms with van der Waals surface area (Å²) in [4.78, 5) is 0.337. The standard InChI is InChI=1S/C12H11ClN2OS/c13-8-3-4-10(12(14)17)11(6-8)15-7-9-2-1-5-16-9/h1-6,15H,7H2,(H2,14,17). The molecule has 0 radical (unpaired) electrons. The SMILES string of the molecule is NC(=S)c1ccc(Cl)cc1NCc1ccco1. The average molecular weight is 267 g/mol. The van der Waals surface area contributed by atoms with Gasteiger partial charge < -0.3 is 15.5 Å². The van der Waals surface area contributed by atoms with Crippen molar-refractivity contribution >= 4 is 34.5 Å². The summed E-state index contributed by atoms with van der Waals surface area (Å²) in [7, 11) is 0. The van der Waals surface area contributed by atoms with Crippen molar-refractivity contribution in [2.75, 3.05) is 5.32 Å². The predicted molar refractivity (Wildman–Crippen MR) is 73.4 cm³/mol. The van der Waals surface area contributed by atoms with E-state index in [2.05, 4.69) is 5.32 Å². The van der Waals surface area contributed by atoms with Crippen molar-refractivity contribution in [3.05, 3.63) is 52.9 Å². The maximum Gasteiger partial charge on any atom is 0.122 e. The fourth-order valence-corrected chi connectivity index (χ4v) is 1.82. The van der Waals surface area contributed by atoms with E-state index < -0.39 is 0 Å². The number of rotatable bonds is 4. The second-order valence-electron chi connectivity index (χ2n) is 3.49. The molecule has 0 fully saturated rings. The molecule has 0 atom stereocenters. The van der Waals surface area contributed by atoms with E-state index in [1.807, 2.05) is 12.1 Å². The molecule has 17 heavy (non-hydrogen) atoms. The topological polar surface area (TPSA) is 51.2 Å². The molecule has 5 heteroatoms. The number of nitrogens with one attached hydrogen (secondary N) is 1. The van der Waals surface area contributed by atoms with Crippen molar-refractivity contribution in [1.29, 1.82) is 0 Å². The van der Waals surface area contributed by atoms with Crippen LogP contribution in [-0.4, -0.2) is 4.99 Å². The number of nitrogens with two attached hydrogens (primary N) is 1. The number of anilines is 1. The second kappa shape index (κ2) is 5.21. The van der Waals surface area contributed by atoms with Gasteiger partial charge in [-0.2, -0.15) is 0 Å². The second-order valence-corrected chi connectivity index (χ2v) is 4.36. The van der Waals surface area contributed by atoms with Crippen LogP contribution in [0.3, 0.4) is 0 Å². The minimum absolute atomic E-state index is 0.337. The smallest absolute Gasteiger partial charge is 0.122 e. The molecule has 2 aromatic rings. The zero-order valence-corrected chi connectivity index (χ0v) is 10.5. The predicted octanol–water partition coefficient (Wildman–Crippen LogP) is 3.18.